The standard InChI is InChI=1S/C30H30N2O3.ClH/c1-20-14-15-23(18-27(20)30(33)34)32-19-24(35-29-13-6-5-12-28(29)32)16-17-31-21(2)25-11-7-9-22-8-3-4-10-26(22)25;/h3-15,18,21,24,31H,16-17,19H2,1-2H3,(H,33,34);1H/t21-,24?;/m0./s1. The highest BCUT2D eigenvalue weighted by atomic mass is 35.5. The Balaban J connectivity index is 0.00000304. The number of carboxylic acid groups (broad SMARTS) is 1. The summed E-state index contributed by atoms with van der Waals surface area (Å²) in [4.78, 5) is 13.9. The molecule has 2 N–H and O–H groups in total. The maximum atomic E-state index is 11.7. The van der Waals surface area contributed by atoms with E-state index in [0.29, 0.717) is 12.1 Å². The van der Waals surface area contributed by atoms with Crippen LogP contribution in [0.3, 0.4) is 0 Å². The minimum Gasteiger partial charge on any atom is -0.486 e. The lowest BCUT2D eigenvalue weighted by Crippen LogP contribution is -2.39. The smallest absolute Gasteiger partial charge is 0.336 e. The van der Waals surface area contributed by atoms with Crippen molar-refractivity contribution in [3.63, 3.8) is 0 Å². The predicted molar refractivity (Wildman–Crippen MR) is 148 cm³/mol. The lowest BCUT2D eigenvalue weighted by atomic mass is 9.99. The quantitative estimate of drug-likeness (QED) is 0.287. The number of ether oxygens (including phenoxy) is 1. The Labute approximate surface area is 218 Å². The molecule has 0 amide bonds. The molecule has 186 valence electrons. The molecule has 0 bridgehead atoms. The largest absolute Gasteiger partial charge is 0.486 e. The van der Waals surface area contributed by atoms with E-state index in [9.17, 15) is 9.90 Å². The van der Waals surface area contributed by atoms with Crippen LogP contribution in [0.1, 0.15) is 40.9 Å². The van der Waals surface area contributed by atoms with E-state index in [1.807, 2.05) is 43.3 Å². The topological polar surface area (TPSA) is 61.8 Å². The van der Waals surface area contributed by atoms with E-state index in [4.69, 9.17) is 4.74 Å². The molecule has 4 aromatic rings. The number of para-hydroxylation sites is 2. The number of carbonyl (C=O) groups is 1. The summed E-state index contributed by atoms with van der Waals surface area (Å²) in [6.45, 7) is 5.49. The number of carboxylic acids is 1. The highest BCUT2D eigenvalue weighted by molar-refractivity contribution is 5.91. The lowest BCUT2D eigenvalue weighted by molar-refractivity contribution is 0.0696. The van der Waals surface area contributed by atoms with Gasteiger partial charge in [-0.25, -0.2) is 4.79 Å². The molecule has 0 aliphatic carbocycles. The first-order valence-electron chi connectivity index (χ1n) is 12.1. The van der Waals surface area contributed by atoms with E-state index in [0.717, 1.165) is 35.7 Å². The Bertz CT molecular complexity index is 1370. The van der Waals surface area contributed by atoms with E-state index in [2.05, 4.69) is 59.6 Å². The monoisotopic (exact) mass is 502 g/mol. The maximum absolute atomic E-state index is 11.7. The second-order valence-electron chi connectivity index (χ2n) is 9.16. The Morgan fingerprint density at radius 2 is 1.81 bits per heavy atom. The third-order valence-electron chi connectivity index (χ3n) is 6.81. The van der Waals surface area contributed by atoms with Gasteiger partial charge in [0.1, 0.15) is 11.9 Å². The Morgan fingerprint density at radius 3 is 2.64 bits per heavy atom. The van der Waals surface area contributed by atoms with Gasteiger partial charge >= 0.3 is 5.97 Å². The molecule has 1 heterocycles. The molecule has 36 heavy (non-hydrogen) atoms. The van der Waals surface area contributed by atoms with Gasteiger partial charge in [-0.05, 0) is 73.0 Å². The Kier molecular flexibility index (Phi) is 7.82. The first kappa shape index (κ1) is 25.5. The van der Waals surface area contributed by atoms with Crippen molar-refractivity contribution < 1.29 is 14.6 Å². The fourth-order valence-corrected chi connectivity index (χ4v) is 4.90. The van der Waals surface area contributed by atoms with Crippen molar-refractivity contribution in [2.45, 2.75) is 32.4 Å². The van der Waals surface area contributed by atoms with Gasteiger partial charge in [-0.3, -0.25) is 0 Å². The number of aromatic carboxylic acids is 1. The molecule has 0 fully saturated rings. The van der Waals surface area contributed by atoms with Crippen LogP contribution in [0, 0.1) is 6.92 Å². The average molecular weight is 503 g/mol. The summed E-state index contributed by atoms with van der Waals surface area (Å²) >= 11 is 0. The zero-order chi connectivity index (χ0) is 24.4. The predicted octanol–water partition coefficient (Wildman–Crippen LogP) is 6.91. The van der Waals surface area contributed by atoms with E-state index in [1.165, 1.54) is 16.3 Å². The number of rotatable bonds is 7. The van der Waals surface area contributed by atoms with Gasteiger partial charge in [0.05, 0.1) is 17.8 Å². The van der Waals surface area contributed by atoms with Crippen LogP contribution in [0.4, 0.5) is 11.4 Å². The molecule has 0 aromatic heterocycles. The Hall–Kier alpha value is -3.54. The van der Waals surface area contributed by atoms with Gasteiger partial charge < -0.3 is 20.1 Å². The van der Waals surface area contributed by atoms with Crippen molar-refractivity contribution in [2.75, 3.05) is 18.0 Å². The lowest BCUT2D eigenvalue weighted by Gasteiger charge is -2.36. The zero-order valence-corrected chi connectivity index (χ0v) is 21.3. The number of hydrogen-bond donors (Lipinski definition) is 2. The minimum absolute atomic E-state index is 0. The van der Waals surface area contributed by atoms with Crippen molar-refractivity contribution in [2.24, 2.45) is 0 Å². The van der Waals surface area contributed by atoms with Crippen molar-refractivity contribution in [3.05, 3.63) is 102 Å². The summed E-state index contributed by atoms with van der Waals surface area (Å²) in [7, 11) is 0. The molecular weight excluding hydrogens is 472 g/mol. The summed E-state index contributed by atoms with van der Waals surface area (Å²) in [6.07, 6.45) is 0.809. The third-order valence-corrected chi connectivity index (χ3v) is 6.81. The SMILES string of the molecule is Cc1ccc(N2CC(CCN[C@@H](C)c3cccc4ccccc34)Oc3ccccc32)cc1C(=O)O.Cl. The second-order valence-corrected chi connectivity index (χ2v) is 9.16. The van der Waals surface area contributed by atoms with E-state index in [1.54, 1.807) is 6.07 Å². The molecule has 0 saturated carbocycles. The highest BCUT2D eigenvalue weighted by Gasteiger charge is 2.27. The van der Waals surface area contributed by atoms with Gasteiger partial charge in [0.25, 0.3) is 0 Å². The number of nitrogens with one attached hydrogen (secondary N) is 1. The summed E-state index contributed by atoms with van der Waals surface area (Å²) in [5.74, 6) is -0.0858. The average Bonchev–Trinajstić information content (AvgIpc) is 2.88. The van der Waals surface area contributed by atoms with E-state index >= 15 is 0 Å². The molecule has 0 spiro atoms. The van der Waals surface area contributed by atoms with Crippen LogP contribution in [0.15, 0.2) is 84.9 Å². The van der Waals surface area contributed by atoms with E-state index in [-0.39, 0.29) is 24.6 Å². The van der Waals surface area contributed by atoms with Crippen LogP contribution < -0.4 is 15.0 Å². The van der Waals surface area contributed by atoms with Crippen molar-refractivity contribution in [1.82, 2.24) is 5.32 Å². The van der Waals surface area contributed by atoms with Gasteiger partial charge in [0.2, 0.25) is 0 Å². The molecule has 5 rings (SSSR count). The van der Waals surface area contributed by atoms with Gasteiger partial charge in [-0.15, -0.1) is 12.4 Å². The number of aryl methyl sites for hydroxylation is 1. The minimum atomic E-state index is -0.908. The molecule has 5 nitrogen and oxygen atoms in total. The fourth-order valence-electron chi connectivity index (χ4n) is 4.90. The zero-order valence-electron chi connectivity index (χ0n) is 20.5. The number of benzene rings is 4. The highest BCUT2D eigenvalue weighted by Crippen LogP contribution is 2.39. The fraction of sp³-hybridized carbons (Fsp3) is 0.233. The van der Waals surface area contributed by atoms with Crippen LogP contribution in [-0.2, 0) is 0 Å². The number of hydrogen-bond acceptors (Lipinski definition) is 4. The molecule has 1 aliphatic rings. The van der Waals surface area contributed by atoms with Crippen LogP contribution >= 0.6 is 12.4 Å². The molecule has 0 saturated heterocycles. The van der Waals surface area contributed by atoms with Crippen molar-refractivity contribution >= 4 is 40.5 Å². The van der Waals surface area contributed by atoms with Crippen LogP contribution in [0.5, 0.6) is 5.75 Å². The number of fused-ring (bicyclic) bond motifs is 2. The number of nitrogens with zero attached hydrogens (tertiary/aromatic N) is 1. The second kappa shape index (κ2) is 11.0. The van der Waals surface area contributed by atoms with Crippen LogP contribution in [0.2, 0.25) is 0 Å². The molecule has 2 atom stereocenters. The molecule has 6 heteroatoms. The maximum Gasteiger partial charge on any atom is 0.336 e. The van der Waals surface area contributed by atoms with Crippen molar-refractivity contribution in [1.29, 1.82) is 0 Å². The molecule has 0 radical (unpaired) electrons. The molecule has 1 unspecified atom stereocenters. The summed E-state index contributed by atoms with van der Waals surface area (Å²) in [5, 5.41) is 15.8. The van der Waals surface area contributed by atoms with E-state index < -0.39 is 5.97 Å². The first-order valence-corrected chi connectivity index (χ1v) is 12.1. The summed E-state index contributed by atoms with van der Waals surface area (Å²) < 4.78 is 6.34. The van der Waals surface area contributed by atoms with Crippen LogP contribution in [-0.4, -0.2) is 30.3 Å². The summed E-state index contributed by atoms with van der Waals surface area (Å²) in [6, 6.07) is 28.7. The molecule has 4 aromatic carbocycles. The molecular formula is C30H31ClN2O3. The van der Waals surface area contributed by atoms with Gasteiger partial charge in [0, 0.05) is 11.7 Å². The number of halogens is 1. The van der Waals surface area contributed by atoms with Crippen molar-refractivity contribution in [3.8, 4) is 5.75 Å². The third kappa shape index (κ3) is 5.18. The van der Waals surface area contributed by atoms with Crippen LogP contribution in [0.25, 0.3) is 10.8 Å². The normalized spacial score (nSPS) is 15.5. The summed E-state index contributed by atoms with van der Waals surface area (Å²) in [5.41, 5.74) is 4.20. The molecule has 1 aliphatic heterocycles. The first-order chi connectivity index (χ1) is 17.0. The van der Waals surface area contributed by atoms with Gasteiger partial charge in [0.15, 0.2) is 0 Å². The van der Waals surface area contributed by atoms with Gasteiger partial charge in [-0.1, -0.05) is 60.7 Å². The Morgan fingerprint density at radius 1 is 1.06 bits per heavy atom. The number of anilines is 2. The van der Waals surface area contributed by atoms with Gasteiger partial charge in [-0.2, -0.15) is 0 Å².